The van der Waals surface area contributed by atoms with Crippen LogP contribution in [0, 0.1) is 17.7 Å². The standard InChI is InChI=1S/C17H24Cl2FN/c1-10(2)12-6-4-5-7-15(12)21-11(3)16-13(18)8-9-14(20)17(16)19/h8-12,15,21H,4-7H2,1-3H3. The molecule has 1 aromatic rings. The molecule has 1 aromatic carbocycles. The summed E-state index contributed by atoms with van der Waals surface area (Å²) in [7, 11) is 0. The minimum Gasteiger partial charge on any atom is -0.307 e. The van der Waals surface area contributed by atoms with E-state index in [0.29, 0.717) is 28.5 Å². The molecule has 3 unspecified atom stereocenters. The number of hydrogen-bond acceptors (Lipinski definition) is 1. The monoisotopic (exact) mass is 331 g/mol. The van der Waals surface area contributed by atoms with Crippen molar-refractivity contribution in [1.82, 2.24) is 5.32 Å². The fraction of sp³-hybridized carbons (Fsp3) is 0.647. The van der Waals surface area contributed by atoms with Crippen molar-refractivity contribution >= 4 is 23.2 Å². The van der Waals surface area contributed by atoms with Crippen molar-refractivity contribution in [3.63, 3.8) is 0 Å². The lowest BCUT2D eigenvalue weighted by molar-refractivity contribution is 0.195. The molecule has 1 fully saturated rings. The molecular formula is C17H24Cl2FN. The maximum atomic E-state index is 13.7. The molecule has 0 radical (unpaired) electrons. The van der Waals surface area contributed by atoms with Crippen LogP contribution in [-0.4, -0.2) is 6.04 Å². The quantitative estimate of drug-likeness (QED) is 0.667. The normalized spacial score (nSPS) is 24.3. The molecule has 0 amide bonds. The molecule has 2 rings (SSSR count). The first-order valence-corrected chi connectivity index (χ1v) is 8.56. The van der Waals surface area contributed by atoms with Crippen LogP contribution in [0.4, 0.5) is 4.39 Å². The second-order valence-electron chi connectivity index (χ2n) is 6.44. The Morgan fingerprint density at radius 1 is 1.14 bits per heavy atom. The molecule has 0 spiro atoms. The van der Waals surface area contributed by atoms with Gasteiger partial charge in [-0.25, -0.2) is 4.39 Å². The van der Waals surface area contributed by atoms with Crippen molar-refractivity contribution in [2.24, 2.45) is 11.8 Å². The largest absolute Gasteiger partial charge is 0.307 e. The molecule has 3 atom stereocenters. The number of nitrogens with one attached hydrogen (secondary N) is 1. The predicted molar refractivity (Wildman–Crippen MR) is 88.6 cm³/mol. The molecule has 21 heavy (non-hydrogen) atoms. The second kappa shape index (κ2) is 7.30. The van der Waals surface area contributed by atoms with Crippen LogP contribution < -0.4 is 5.32 Å². The van der Waals surface area contributed by atoms with E-state index in [-0.39, 0.29) is 11.1 Å². The lowest BCUT2D eigenvalue weighted by atomic mass is 9.77. The van der Waals surface area contributed by atoms with Gasteiger partial charge in [0.2, 0.25) is 0 Å². The van der Waals surface area contributed by atoms with Crippen LogP contribution in [-0.2, 0) is 0 Å². The zero-order valence-corrected chi connectivity index (χ0v) is 14.4. The summed E-state index contributed by atoms with van der Waals surface area (Å²) in [5.74, 6) is 0.898. The van der Waals surface area contributed by atoms with Gasteiger partial charge in [0, 0.05) is 22.7 Å². The van der Waals surface area contributed by atoms with Gasteiger partial charge < -0.3 is 5.32 Å². The molecule has 1 nitrogen and oxygen atoms in total. The van der Waals surface area contributed by atoms with Crippen LogP contribution in [0.1, 0.15) is 58.1 Å². The fourth-order valence-corrected chi connectivity index (χ4v) is 4.21. The molecule has 1 aliphatic rings. The molecule has 1 aliphatic carbocycles. The summed E-state index contributed by atoms with van der Waals surface area (Å²) >= 11 is 12.3. The van der Waals surface area contributed by atoms with Gasteiger partial charge in [0.25, 0.3) is 0 Å². The number of rotatable bonds is 4. The van der Waals surface area contributed by atoms with Gasteiger partial charge in [0.15, 0.2) is 0 Å². The molecule has 0 aliphatic heterocycles. The van der Waals surface area contributed by atoms with Crippen LogP contribution >= 0.6 is 23.2 Å². The van der Waals surface area contributed by atoms with Gasteiger partial charge in [0.05, 0.1) is 5.02 Å². The lowest BCUT2D eigenvalue weighted by Gasteiger charge is -2.37. The Morgan fingerprint density at radius 3 is 2.48 bits per heavy atom. The molecule has 118 valence electrons. The summed E-state index contributed by atoms with van der Waals surface area (Å²) in [6.07, 6.45) is 4.97. The lowest BCUT2D eigenvalue weighted by Crippen LogP contribution is -2.42. The molecule has 0 heterocycles. The Bertz CT molecular complexity index is 490. The van der Waals surface area contributed by atoms with Gasteiger partial charge in [0.1, 0.15) is 5.82 Å². The molecule has 1 N–H and O–H groups in total. The van der Waals surface area contributed by atoms with E-state index in [1.807, 2.05) is 6.92 Å². The number of hydrogen-bond donors (Lipinski definition) is 1. The minimum atomic E-state index is -0.409. The van der Waals surface area contributed by atoms with Gasteiger partial charge in [-0.15, -0.1) is 0 Å². The summed E-state index contributed by atoms with van der Waals surface area (Å²) in [6, 6.07) is 3.30. The Hall–Kier alpha value is -0.310. The average Bonchev–Trinajstić information content (AvgIpc) is 2.43. The molecule has 0 bridgehead atoms. The maximum absolute atomic E-state index is 13.7. The summed E-state index contributed by atoms with van der Waals surface area (Å²) in [6.45, 7) is 6.56. The summed E-state index contributed by atoms with van der Waals surface area (Å²) in [4.78, 5) is 0. The van der Waals surface area contributed by atoms with E-state index in [1.165, 1.54) is 25.3 Å². The SMILES string of the molecule is CC(NC1CCCCC1C(C)C)c1c(Cl)ccc(F)c1Cl. The zero-order valence-electron chi connectivity index (χ0n) is 12.9. The van der Waals surface area contributed by atoms with Crippen LogP contribution in [0.5, 0.6) is 0 Å². The van der Waals surface area contributed by atoms with E-state index >= 15 is 0 Å². The second-order valence-corrected chi connectivity index (χ2v) is 7.23. The van der Waals surface area contributed by atoms with Crippen molar-refractivity contribution in [2.45, 2.75) is 58.5 Å². The third-order valence-electron chi connectivity index (χ3n) is 4.65. The average molecular weight is 332 g/mol. The molecular weight excluding hydrogens is 308 g/mol. The molecule has 1 saturated carbocycles. The van der Waals surface area contributed by atoms with E-state index in [1.54, 1.807) is 6.07 Å². The molecule has 0 aromatic heterocycles. The molecule has 0 saturated heterocycles. The van der Waals surface area contributed by atoms with Crippen molar-refractivity contribution in [3.05, 3.63) is 33.6 Å². The van der Waals surface area contributed by atoms with Crippen molar-refractivity contribution in [2.75, 3.05) is 0 Å². The first-order valence-electron chi connectivity index (χ1n) is 7.81. The highest BCUT2D eigenvalue weighted by Crippen LogP contribution is 2.35. The first-order chi connectivity index (χ1) is 9.91. The van der Waals surface area contributed by atoms with Crippen molar-refractivity contribution in [3.8, 4) is 0 Å². The highest BCUT2D eigenvalue weighted by molar-refractivity contribution is 6.36. The predicted octanol–water partition coefficient (Wildman–Crippen LogP) is 6.00. The van der Waals surface area contributed by atoms with Crippen molar-refractivity contribution < 1.29 is 4.39 Å². The topological polar surface area (TPSA) is 12.0 Å². The van der Waals surface area contributed by atoms with Gasteiger partial charge in [-0.1, -0.05) is 49.9 Å². The Morgan fingerprint density at radius 2 is 1.81 bits per heavy atom. The van der Waals surface area contributed by atoms with Crippen molar-refractivity contribution in [1.29, 1.82) is 0 Å². The fourth-order valence-electron chi connectivity index (χ4n) is 3.51. The van der Waals surface area contributed by atoms with E-state index in [9.17, 15) is 4.39 Å². The van der Waals surface area contributed by atoms with E-state index in [2.05, 4.69) is 19.2 Å². The smallest absolute Gasteiger partial charge is 0.142 e. The Balaban J connectivity index is 2.17. The Labute approximate surface area is 137 Å². The van der Waals surface area contributed by atoms with Crippen LogP contribution in [0.3, 0.4) is 0 Å². The summed E-state index contributed by atoms with van der Waals surface area (Å²) in [5.41, 5.74) is 0.673. The van der Waals surface area contributed by atoms with Crippen LogP contribution in [0.15, 0.2) is 12.1 Å². The molecule has 4 heteroatoms. The van der Waals surface area contributed by atoms with Gasteiger partial charge in [-0.05, 0) is 43.7 Å². The van der Waals surface area contributed by atoms with E-state index in [0.717, 1.165) is 6.42 Å². The van der Waals surface area contributed by atoms with E-state index < -0.39 is 5.82 Å². The third kappa shape index (κ3) is 3.91. The zero-order chi connectivity index (χ0) is 15.6. The highest BCUT2D eigenvalue weighted by Gasteiger charge is 2.29. The Kier molecular flexibility index (Phi) is 5.93. The van der Waals surface area contributed by atoms with Gasteiger partial charge >= 0.3 is 0 Å². The summed E-state index contributed by atoms with van der Waals surface area (Å²) < 4.78 is 13.7. The minimum absolute atomic E-state index is 0.0509. The summed E-state index contributed by atoms with van der Waals surface area (Å²) in [5, 5.41) is 4.30. The van der Waals surface area contributed by atoms with E-state index in [4.69, 9.17) is 23.2 Å². The van der Waals surface area contributed by atoms with Gasteiger partial charge in [-0.2, -0.15) is 0 Å². The number of halogens is 3. The van der Waals surface area contributed by atoms with Gasteiger partial charge in [-0.3, -0.25) is 0 Å². The number of benzene rings is 1. The maximum Gasteiger partial charge on any atom is 0.142 e. The highest BCUT2D eigenvalue weighted by atomic mass is 35.5. The third-order valence-corrected chi connectivity index (χ3v) is 5.37. The van der Waals surface area contributed by atoms with Crippen LogP contribution in [0.2, 0.25) is 10.0 Å². The first kappa shape index (κ1) is 17.1. The van der Waals surface area contributed by atoms with Crippen LogP contribution in [0.25, 0.3) is 0 Å².